The molecule has 2 atom stereocenters. The lowest BCUT2D eigenvalue weighted by Gasteiger charge is -2.10. The van der Waals surface area contributed by atoms with Crippen molar-refractivity contribution in [3.05, 3.63) is 11.3 Å². The van der Waals surface area contributed by atoms with Gasteiger partial charge >= 0.3 is 0 Å². The second kappa shape index (κ2) is 5.76. The van der Waals surface area contributed by atoms with Crippen molar-refractivity contribution in [2.75, 3.05) is 17.2 Å². The second-order valence-corrected chi connectivity index (χ2v) is 8.04. The molecule has 114 valence electrons. The third-order valence-electron chi connectivity index (χ3n) is 4.21. The molecule has 20 heavy (non-hydrogen) atoms. The van der Waals surface area contributed by atoms with Gasteiger partial charge in [0, 0.05) is 11.5 Å². The monoisotopic (exact) mass is 299 g/mol. The Hall–Kier alpha value is -1.04. The first-order valence-electron chi connectivity index (χ1n) is 7.46. The van der Waals surface area contributed by atoms with Gasteiger partial charge in [0.2, 0.25) is 0 Å². The van der Waals surface area contributed by atoms with Gasteiger partial charge in [-0.25, -0.2) is 13.1 Å². The first-order chi connectivity index (χ1) is 9.39. The highest BCUT2D eigenvalue weighted by atomic mass is 32.2. The van der Waals surface area contributed by atoms with E-state index in [4.69, 9.17) is 5.73 Å². The van der Waals surface area contributed by atoms with Crippen LogP contribution < -0.4 is 5.73 Å². The number of hydrogen-bond acceptors (Lipinski definition) is 4. The Labute approximate surface area is 121 Å². The van der Waals surface area contributed by atoms with E-state index in [1.807, 2.05) is 0 Å². The normalized spacial score (nSPS) is 23.1. The quantitative estimate of drug-likeness (QED) is 0.905. The molecular formula is C14H25N3O2S. The molecule has 0 aliphatic carbocycles. The highest BCUT2D eigenvalue weighted by Crippen LogP contribution is 2.32. The van der Waals surface area contributed by atoms with E-state index in [0.29, 0.717) is 18.2 Å². The summed E-state index contributed by atoms with van der Waals surface area (Å²) in [5.74, 6) is 1.45. The molecule has 5 nitrogen and oxygen atoms in total. The molecule has 2 N–H and O–H groups in total. The summed E-state index contributed by atoms with van der Waals surface area (Å²) in [4.78, 5) is 0. The van der Waals surface area contributed by atoms with Crippen molar-refractivity contribution in [3.8, 4) is 0 Å². The molecule has 0 spiro atoms. The number of aromatic nitrogens is 2. The average Bonchev–Trinajstić information content (AvgIpc) is 2.91. The zero-order valence-electron chi connectivity index (χ0n) is 12.6. The molecule has 1 aromatic heterocycles. The fourth-order valence-corrected chi connectivity index (χ4v) is 4.53. The van der Waals surface area contributed by atoms with Crippen LogP contribution in [0, 0.1) is 0 Å². The molecule has 0 radical (unpaired) electrons. The highest BCUT2D eigenvalue weighted by molar-refractivity contribution is 7.91. The maximum absolute atomic E-state index is 11.7. The van der Waals surface area contributed by atoms with Crippen LogP contribution in [0.25, 0.3) is 0 Å². The molecule has 0 bridgehead atoms. The van der Waals surface area contributed by atoms with E-state index < -0.39 is 9.84 Å². The Morgan fingerprint density at radius 2 is 2.15 bits per heavy atom. The van der Waals surface area contributed by atoms with Crippen molar-refractivity contribution >= 4 is 15.7 Å². The van der Waals surface area contributed by atoms with Gasteiger partial charge in [-0.3, -0.25) is 0 Å². The maximum atomic E-state index is 11.7. The van der Waals surface area contributed by atoms with Gasteiger partial charge in [0.25, 0.3) is 0 Å². The standard InChI is InChI=1S/C14H25N3O2S/c1-4-6-12-13(10(3)5-2)16-17(14(12)15)11-7-8-20(18,19)9-11/h10-11H,4-9,15H2,1-3H3. The van der Waals surface area contributed by atoms with Crippen LogP contribution in [-0.4, -0.2) is 29.7 Å². The fraction of sp³-hybridized carbons (Fsp3) is 0.786. The summed E-state index contributed by atoms with van der Waals surface area (Å²) < 4.78 is 25.1. The van der Waals surface area contributed by atoms with Crippen LogP contribution in [0.1, 0.15) is 63.3 Å². The maximum Gasteiger partial charge on any atom is 0.152 e. The topological polar surface area (TPSA) is 78.0 Å². The number of hydrogen-bond donors (Lipinski definition) is 1. The van der Waals surface area contributed by atoms with Gasteiger partial charge in [-0.15, -0.1) is 0 Å². The number of nitrogens with two attached hydrogens (primary N) is 1. The van der Waals surface area contributed by atoms with E-state index in [1.54, 1.807) is 4.68 Å². The number of rotatable bonds is 5. The van der Waals surface area contributed by atoms with Crippen LogP contribution in [0.3, 0.4) is 0 Å². The summed E-state index contributed by atoms with van der Waals surface area (Å²) in [5, 5.41) is 4.67. The van der Waals surface area contributed by atoms with Crippen molar-refractivity contribution in [2.24, 2.45) is 0 Å². The third kappa shape index (κ3) is 2.85. The van der Waals surface area contributed by atoms with Gasteiger partial charge in [0.1, 0.15) is 5.82 Å². The lowest BCUT2D eigenvalue weighted by molar-refractivity contribution is 0.496. The highest BCUT2D eigenvalue weighted by Gasteiger charge is 2.32. The molecule has 0 saturated carbocycles. The van der Waals surface area contributed by atoms with Gasteiger partial charge in [-0.2, -0.15) is 5.10 Å². The minimum absolute atomic E-state index is 0.0894. The van der Waals surface area contributed by atoms with Crippen molar-refractivity contribution in [1.29, 1.82) is 0 Å². The molecule has 1 aliphatic heterocycles. The minimum Gasteiger partial charge on any atom is -0.384 e. The number of sulfone groups is 1. The van der Waals surface area contributed by atoms with Gasteiger partial charge in [0.05, 0.1) is 23.2 Å². The van der Waals surface area contributed by atoms with Crippen LogP contribution in [0.4, 0.5) is 5.82 Å². The SMILES string of the molecule is CCCc1c(C(C)CC)nn(C2CCS(=O)(=O)C2)c1N. The Kier molecular flexibility index (Phi) is 4.42. The Bertz CT molecular complexity index is 577. The zero-order valence-corrected chi connectivity index (χ0v) is 13.4. The fourth-order valence-electron chi connectivity index (χ4n) is 2.84. The van der Waals surface area contributed by atoms with E-state index in [2.05, 4.69) is 25.9 Å². The van der Waals surface area contributed by atoms with Crippen molar-refractivity contribution < 1.29 is 8.42 Å². The molecule has 2 rings (SSSR count). The molecule has 2 unspecified atom stereocenters. The summed E-state index contributed by atoms with van der Waals surface area (Å²) in [5.41, 5.74) is 8.43. The van der Waals surface area contributed by atoms with E-state index in [1.165, 1.54) is 0 Å². The van der Waals surface area contributed by atoms with Gasteiger partial charge in [0.15, 0.2) is 9.84 Å². The average molecular weight is 299 g/mol. The lowest BCUT2D eigenvalue weighted by atomic mass is 9.98. The van der Waals surface area contributed by atoms with Crippen LogP contribution in [0.2, 0.25) is 0 Å². The largest absolute Gasteiger partial charge is 0.384 e. The lowest BCUT2D eigenvalue weighted by Crippen LogP contribution is -2.15. The Morgan fingerprint density at radius 3 is 2.65 bits per heavy atom. The molecule has 0 amide bonds. The van der Waals surface area contributed by atoms with E-state index in [9.17, 15) is 8.42 Å². The number of nitrogens with zero attached hydrogens (tertiary/aromatic N) is 2. The van der Waals surface area contributed by atoms with Crippen LogP contribution in [-0.2, 0) is 16.3 Å². The molecule has 0 aromatic carbocycles. The predicted octanol–water partition coefficient (Wildman–Crippen LogP) is 2.29. The third-order valence-corrected chi connectivity index (χ3v) is 5.96. The molecule has 1 fully saturated rings. The van der Waals surface area contributed by atoms with Crippen LogP contribution in [0.15, 0.2) is 0 Å². The number of anilines is 1. The first-order valence-corrected chi connectivity index (χ1v) is 9.28. The Morgan fingerprint density at radius 1 is 1.45 bits per heavy atom. The molecule has 1 aliphatic rings. The minimum atomic E-state index is -2.92. The summed E-state index contributed by atoms with van der Waals surface area (Å²) in [6.45, 7) is 6.41. The van der Waals surface area contributed by atoms with E-state index in [0.717, 1.165) is 30.5 Å². The summed E-state index contributed by atoms with van der Waals surface area (Å²) >= 11 is 0. The molecule has 1 aromatic rings. The first kappa shape index (κ1) is 15.4. The predicted molar refractivity (Wildman–Crippen MR) is 81.6 cm³/mol. The number of nitrogen functional groups attached to an aromatic ring is 1. The van der Waals surface area contributed by atoms with Gasteiger partial charge in [-0.05, 0) is 19.3 Å². The molecule has 2 heterocycles. The van der Waals surface area contributed by atoms with Crippen LogP contribution in [0.5, 0.6) is 0 Å². The molecular weight excluding hydrogens is 274 g/mol. The van der Waals surface area contributed by atoms with Crippen molar-refractivity contribution in [3.63, 3.8) is 0 Å². The zero-order chi connectivity index (χ0) is 14.9. The summed E-state index contributed by atoms with van der Waals surface area (Å²) in [6.07, 6.45) is 3.56. The van der Waals surface area contributed by atoms with Gasteiger partial charge in [-0.1, -0.05) is 27.2 Å². The van der Waals surface area contributed by atoms with Crippen molar-refractivity contribution in [2.45, 2.75) is 58.4 Å². The van der Waals surface area contributed by atoms with Crippen molar-refractivity contribution in [1.82, 2.24) is 9.78 Å². The summed E-state index contributed by atoms with van der Waals surface area (Å²) in [6, 6.07) is -0.0894. The van der Waals surface area contributed by atoms with E-state index in [-0.39, 0.29) is 17.5 Å². The molecule has 6 heteroatoms. The molecule has 1 saturated heterocycles. The van der Waals surface area contributed by atoms with Gasteiger partial charge < -0.3 is 5.73 Å². The smallest absolute Gasteiger partial charge is 0.152 e. The summed E-state index contributed by atoms with van der Waals surface area (Å²) in [7, 11) is -2.92. The Balaban J connectivity index is 2.39. The van der Waals surface area contributed by atoms with E-state index >= 15 is 0 Å². The van der Waals surface area contributed by atoms with Crippen LogP contribution >= 0.6 is 0 Å². The second-order valence-electron chi connectivity index (χ2n) is 5.81.